The molecule has 0 saturated carbocycles. The van der Waals surface area contributed by atoms with Crippen LogP contribution in [0.15, 0.2) is 12.3 Å². The Bertz CT molecular complexity index is 187. The summed E-state index contributed by atoms with van der Waals surface area (Å²) in [7, 11) is 0. The molecule has 11 heavy (non-hydrogen) atoms. The van der Waals surface area contributed by atoms with Gasteiger partial charge in [-0.25, -0.2) is 0 Å². The summed E-state index contributed by atoms with van der Waals surface area (Å²) >= 11 is 0. The maximum atomic E-state index is 10.9. The van der Waals surface area contributed by atoms with Gasteiger partial charge in [0.15, 0.2) is 0 Å². The quantitative estimate of drug-likeness (QED) is 0.555. The maximum Gasteiger partial charge on any atom is 0.267 e. The summed E-state index contributed by atoms with van der Waals surface area (Å²) in [6.07, 6.45) is 0. The third kappa shape index (κ3) is 4.13. The van der Waals surface area contributed by atoms with E-state index in [1.807, 2.05) is 0 Å². The Morgan fingerprint density at radius 3 is 2.36 bits per heavy atom. The first-order chi connectivity index (χ1) is 5.07. The lowest BCUT2D eigenvalue weighted by atomic mass is 10.4. The van der Waals surface area contributed by atoms with Gasteiger partial charge in [-0.1, -0.05) is 6.58 Å². The van der Waals surface area contributed by atoms with Crippen LogP contribution < -0.4 is 10.6 Å². The number of likely N-dealkylation sites (N-methyl/N-ethyl adjacent to an activating group) is 1. The van der Waals surface area contributed by atoms with E-state index in [4.69, 9.17) is 0 Å². The first-order valence-electron chi connectivity index (χ1n) is 3.32. The minimum atomic E-state index is -0.345. The Hall–Kier alpha value is -1.32. The van der Waals surface area contributed by atoms with E-state index in [1.54, 1.807) is 6.92 Å². The lowest BCUT2D eigenvalue weighted by molar-refractivity contribution is -0.122. The average Bonchev–Trinajstić information content (AvgIpc) is 1.86. The van der Waals surface area contributed by atoms with E-state index >= 15 is 0 Å². The molecule has 0 aromatic carbocycles. The van der Waals surface area contributed by atoms with Crippen LogP contribution in [0.2, 0.25) is 0 Å². The lowest BCUT2D eigenvalue weighted by Gasteiger charge is -2.04. The number of carbonyl (C=O) groups is 2. The fourth-order valence-corrected chi connectivity index (χ4v) is 0.537. The van der Waals surface area contributed by atoms with E-state index in [2.05, 4.69) is 17.2 Å². The molecule has 0 aliphatic heterocycles. The van der Waals surface area contributed by atoms with Crippen LogP contribution in [-0.2, 0) is 9.59 Å². The zero-order chi connectivity index (χ0) is 8.85. The molecular weight excluding hydrogens is 144 g/mol. The Balaban J connectivity index is 3.83. The van der Waals surface area contributed by atoms with Crippen LogP contribution in [0.5, 0.6) is 0 Å². The molecule has 0 aliphatic carbocycles. The van der Waals surface area contributed by atoms with Crippen molar-refractivity contribution in [2.45, 2.75) is 13.8 Å². The molecule has 0 heterocycles. The molecule has 0 atom stereocenters. The summed E-state index contributed by atoms with van der Waals surface area (Å²) in [5.41, 5.74) is 0.0827. The molecule has 2 amide bonds. The number of hydrogen-bond donors (Lipinski definition) is 2. The maximum absolute atomic E-state index is 10.9. The summed E-state index contributed by atoms with van der Waals surface area (Å²) in [4.78, 5) is 21.3. The molecule has 0 aromatic rings. The Kier molecular flexibility index (Phi) is 3.95. The molecule has 0 aromatic heterocycles. The number of amides is 2. The van der Waals surface area contributed by atoms with Gasteiger partial charge in [0.1, 0.15) is 0 Å². The van der Waals surface area contributed by atoms with Crippen molar-refractivity contribution < 1.29 is 9.59 Å². The monoisotopic (exact) mass is 156 g/mol. The van der Waals surface area contributed by atoms with Crippen LogP contribution in [0.25, 0.3) is 0 Å². The van der Waals surface area contributed by atoms with Crippen molar-refractivity contribution in [2.24, 2.45) is 0 Å². The third-order valence-electron chi connectivity index (χ3n) is 0.938. The van der Waals surface area contributed by atoms with Gasteiger partial charge < -0.3 is 10.6 Å². The van der Waals surface area contributed by atoms with E-state index < -0.39 is 0 Å². The lowest BCUT2D eigenvalue weighted by Crippen LogP contribution is -2.32. The summed E-state index contributed by atoms with van der Waals surface area (Å²) in [5, 5.41) is 4.78. The molecule has 4 heteroatoms. The second-order valence-corrected chi connectivity index (χ2v) is 2.02. The van der Waals surface area contributed by atoms with Crippen LogP contribution in [0.1, 0.15) is 13.8 Å². The van der Waals surface area contributed by atoms with Crippen molar-refractivity contribution >= 4 is 11.8 Å². The van der Waals surface area contributed by atoms with Crippen molar-refractivity contribution in [3.8, 4) is 0 Å². The van der Waals surface area contributed by atoms with Gasteiger partial charge in [-0.05, 0) is 6.92 Å². The van der Waals surface area contributed by atoms with Crippen molar-refractivity contribution in [2.75, 3.05) is 6.54 Å². The fraction of sp³-hybridized carbons (Fsp3) is 0.429. The minimum Gasteiger partial charge on any atom is -0.351 e. The van der Waals surface area contributed by atoms with Crippen molar-refractivity contribution in [3.63, 3.8) is 0 Å². The number of nitrogens with one attached hydrogen (secondary N) is 2. The van der Waals surface area contributed by atoms with Gasteiger partial charge in [-0.3, -0.25) is 9.59 Å². The second-order valence-electron chi connectivity index (χ2n) is 2.02. The van der Waals surface area contributed by atoms with Gasteiger partial charge in [0.05, 0.1) is 5.70 Å². The summed E-state index contributed by atoms with van der Waals surface area (Å²) in [5.74, 6) is -0.635. The number of rotatable bonds is 3. The van der Waals surface area contributed by atoms with E-state index in [0.29, 0.717) is 6.54 Å². The molecule has 0 aliphatic rings. The SMILES string of the molecule is C=C(NC(C)=O)C(=O)NCC. The Labute approximate surface area is 65.7 Å². The highest BCUT2D eigenvalue weighted by molar-refractivity contribution is 5.96. The van der Waals surface area contributed by atoms with E-state index in [0.717, 1.165) is 0 Å². The van der Waals surface area contributed by atoms with Crippen LogP contribution >= 0.6 is 0 Å². The molecule has 0 rings (SSSR count). The van der Waals surface area contributed by atoms with Crippen LogP contribution in [0.4, 0.5) is 0 Å². The topological polar surface area (TPSA) is 58.2 Å². The zero-order valence-corrected chi connectivity index (χ0v) is 6.73. The highest BCUT2D eigenvalue weighted by atomic mass is 16.2. The van der Waals surface area contributed by atoms with Gasteiger partial charge >= 0.3 is 0 Å². The van der Waals surface area contributed by atoms with Gasteiger partial charge in [0, 0.05) is 13.5 Å². The first-order valence-corrected chi connectivity index (χ1v) is 3.32. The van der Waals surface area contributed by atoms with Crippen molar-refractivity contribution in [1.29, 1.82) is 0 Å². The molecule has 62 valence electrons. The molecule has 0 unspecified atom stereocenters. The summed E-state index contributed by atoms with van der Waals surface area (Å²) in [6.45, 7) is 7.01. The van der Waals surface area contributed by atoms with Gasteiger partial charge in [-0.2, -0.15) is 0 Å². The van der Waals surface area contributed by atoms with E-state index in [1.165, 1.54) is 6.92 Å². The summed E-state index contributed by atoms with van der Waals surface area (Å²) < 4.78 is 0. The van der Waals surface area contributed by atoms with Crippen LogP contribution in [-0.4, -0.2) is 18.4 Å². The van der Waals surface area contributed by atoms with Gasteiger partial charge in [0.25, 0.3) is 5.91 Å². The van der Waals surface area contributed by atoms with Gasteiger partial charge in [0.2, 0.25) is 5.91 Å². The molecule has 2 N–H and O–H groups in total. The van der Waals surface area contributed by atoms with Crippen LogP contribution in [0, 0.1) is 0 Å². The fourth-order valence-electron chi connectivity index (χ4n) is 0.537. The largest absolute Gasteiger partial charge is 0.351 e. The Morgan fingerprint density at radius 1 is 1.45 bits per heavy atom. The molecule has 0 bridgehead atoms. The predicted molar refractivity (Wildman–Crippen MR) is 41.6 cm³/mol. The smallest absolute Gasteiger partial charge is 0.267 e. The normalized spacial score (nSPS) is 8.55. The van der Waals surface area contributed by atoms with Crippen molar-refractivity contribution in [3.05, 3.63) is 12.3 Å². The molecule has 4 nitrogen and oxygen atoms in total. The zero-order valence-electron chi connectivity index (χ0n) is 6.73. The molecule has 0 saturated heterocycles. The van der Waals surface area contributed by atoms with Gasteiger partial charge in [-0.15, -0.1) is 0 Å². The Morgan fingerprint density at radius 2 is 2.00 bits per heavy atom. The predicted octanol–water partition coefficient (Wildman–Crippen LogP) is -0.228. The van der Waals surface area contributed by atoms with E-state index in [-0.39, 0.29) is 17.5 Å². The highest BCUT2D eigenvalue weighted by Gasteiger charge is 2.04. The number of hydrogen-bond acceptors (Lipinski definition) is 2. The molecule has 0 spiro atoms. The first kappa shape index (κ1) is 9.68. The minimum absolute atomic E-state index is 0.0827. The standard InChI is InChI=1S/C7H12N2O2/c1-4-8-7(11)5(2)9-6(3)10/h2,4H2,1,3H3,(H,8,11)(H,9,10). The average molecular weight is 156 g/mol. The van der Waals surface area contributed by atoms with Crippen molar-refractivity contribution in [1.82, 2.24) is 10.6 Å². The highest BCUT2D eigenvalue weighted by Crippen LogP contribution is 1.82. The summed E-state index contributed by atoms with van der Waals surface area (Å²) in [6, 6.07) is 0. The molecule has 0 radical (unpaired) electrons. The molecule has 0 fully saturated rings. The second kappa shape index (κ2) is 4.49. The number of carbonyl (C=O) groups excluding carboxylic acids is 2. The van der Waals surface area contributed by atoms with E-state index in [9.17, 15) is 9.59 Å². The molecular formula is C7H12N2O2. The van der Waals surface area contributed by atoms with Crippen LogP contribution in [0.3, 0.4) is 0 Å². The third-order valence-corrected chi connectivity index (χ3v) is 0.938.